The first-order chi connectivity index (χ1) is 11.0. The second kappa shape index (κ2) is 8.99. The van der Waals surface area contributed by atoms with Gasteiger partial charge in [0.05, 0.1) is 26.9 Å². The number of carbonyl (C=O) groups is 1. The number of hydrogen-bond acceptors (Lipinski definition) is 5. The van der Waals surface area contributed by atoms with Crippen LogP contribution in [0.2, 0.25) is 0 Å². The van der Waals surface area contributed by atoms with E-state index >= 15 is 0 Å². The summed E-state index contributed by atoms with van der Waals surface area (Å²) in [4.78, 5) is 12.4. The van der Waals surface area contributed by atoms with Crippen molar-refractivity contribution in [2.45, 2.75) is 44.2 Å². The zero-order valence-corrected chi connectivity index (χ0v) is 15.3. The Morgan fingerprint density at radius 3 is 2.12 bits per heavy atom. The predicted molar refractivity (Wildman–Crippen MR) is 95.2 cm³/mol. The van der Waals surface area contributed by atoms with Gasteiger partial charge in [0.15, 0.2) is 11.5 Å². The predicted octanol–water partition coefficient (Wildman–Crippen LogP) is 2.41. The first-order valence-electron chi connectivity index (χ1n) is 7.90. The van der Waals surface area contributed by atoms with Gasteiger partial charge in [0.1, 0.15) is 5.75 Å². The number of amides is 1. The fraction of sp³-hybridized carbons (Fsp3) is 0.588. The fourth-order valence-electron chi connectivity index (χ4n) is 2.99. The molecule has 0 saturated heterocycles. The van der Waals surface area contributed by atoms with Gasteiger partial charge in [-0.15, -0.1) is 12.4 Å². The van der Waals surface area contributed by atoms with Crippen LogP contribution < -0.4 is 25.3 Å². The molecule has 0 atom stereocenters. The molecule has 1 fully saturated rings. The van der Waals surface area contributed by atoms with Crippen molar-refractivity contribution in [3.8, 4) is 17.2 Å². The van der Waals surface area contributed by atoms with Gasteiger partial charge >= 0.3 is 0 Å². The van der Waals surface area contributed by atoms with Crippen LogP contribution in [-0.2, 0) is 11.3 Å². The van der Waals surface area contributed by atoms with Crippen LogP contribution in [0.3, 0.4) is 0 Å². The Labute approximate surface area is 149 Å². The Kier molecular flexibility index (Phi) is 7.63. The molecule has 0 bridgehead atoms. The average Bonchev–Trinajstić information content (AvgIpc) is 2.59. The molecule has 1 amide bonds. The summed E-state index contributed by atoms with van der Waals surface area (Å²) >= 11 is 0. The molecule has 1 saturated carbocycles. The van der Waals surface area contributed by atoms with Gasteiger partial charge in [0.2, 0.25) is 5.91 Å². The van der Waals surface area contributed by atoms with Gasteiger partial charge in [0, 0.05) is 18.2 Å². The summed E-state index contributed by atoms with van der Waals surface area (Å²) in [6.45, 7) is 0.335. The maximum Gasteiger partial charge on any atom is 0.240 e. The lowest BCUT2D eigenvalue weighted by Crippen LogP contribution is -2.54. The summed E-state index contributed by atoms with van der Waals surface area (Å²) < 4.78 is 15.9. The largest absolute Gasteiger partial charge is 0.496 e. The molecule has 0 radical (unpaired) electrons. The molecule has 7 heteroatoms. The second-order valence-electron chi connectivity index (χ2n) is 5.92. The van der Waals surface area contributed by atoms with E-state index in [9.17, 15) is 4.79 Å². The lowest BCUT2D eigenvalue weighted by Gasteiger charge is -2.31. The molecule has 2 rings (SSSR count). The standard InChI is InChI=1S/C17H26N2O4.ClH/c1-21-13-10-15(23-3)14(22-2)9-12(13)11-19-16(20)17(18)7-5-4-6-8-17;/h9-10H,4-8,11,18H2,1-3H3,(H,19,20);1H. The summed E-state index contributed by atoms with van der Waals surface area (Å²) in [7, 11) is 4.72. The Morgan fingerprint density at radius 2 is 1.58 bits per heavy atom. The van der Waals surface area contributed by atoms with Crippen LogP contribution >= 0.6 is 12.4 Å². The van der Waals surface area contributed by atoms with Crippen LogP contribution in [0.5, 0.6) is 17.2 Å². The van der Waals surface area contributed by atoms with Crippen molar-refractivity contribution in [1.82, 2.24) is 5.32 Å². The molecule has 0 spiro atoms. The first-order valence-corrected chi connectivity index (χ1v) is 7.90. The lowest BCUT2D eigenvalue weighted by atomic mass is 9.82. The van der Waals surface area contributed by atoms with E-state index in [0.29, 0.717) is 23.8 Å². The van der Waals surface area contributed by atoms with Crippen molar-refractivity contribution < 1.29 is 19.0 Å². The van der Waals surface area contributed by atoms with E-state index in [4.69, 9.17) is 19.9 Å². The highest BCUT2D eigenvalue weighted by Gasteiger charge is 2.35. The van der Waals surface area contributed by atoms with Gasteiger partial charge in [-0.25, -0.2) is 0 Å². The zero-order chi connectivity index (χ0) is 16.9. The molecule has 0 heterocycles. The quantitative estimate of drug-likeness (QED) is 0.816. The van der Waals surface area contributed by atoms with Gasteiger partial charge in [0.25, 0.3) is 0 Å². The van der Waals surface area contributed by atoms with E-state index in [0.717, 1.165) is 37.7 Å². The number of ether oxygens (including phenoxy) is 3. The van der Waals surface area contributed by atoms with Crippen LogP contribution in [0.25, 0.3) is 0 Å². The number of nitrogens with two attached hydrogens (primary N) is 1. The number of hydrogen-bond donors (Lipinski definition) is 2. The van der Waals surface area contributed by atoms with Crippen molar-refractivity contribution in [2.75, 3.05) is 21.3 Å². The minimum absolute atomic E-state index is 0. The normalized spacial score (nSPS) is 15.8. The Balaban J connectivity index is 0.00000288. The maximum absolute atomic E-state index is 12.4. The topological polar surface area (TPSA) is 82.8 Å². The number of benzene rings is 1. The Bertz CT molecular complexity index is 560. The van der Waals surface area contributed by atoms with Gasteiger partial charge in [-0.3, -0.25) is 4.79 Å². The van der Waals surface area contributed by atoms with Crippen molar-refractivity contribution in [1.29, 1.82) is 0 Å². The number of methoxy groups -OCH3 is 3. The molecule has 6 nitrogen and oxygen atoms in total. The molecule has 24 heavy (non-hydrogen) atoms. The lowest BCUT2D eigenvalue weighted by molar-refractivity contribution is -0.127. The molecule has 1 aromatic rings. The summed E-state index contributed by atoms with van der Waals surface area (Å²) in [5, 5.41) is 2.93. The number of nitrogens with one attached hydrogen (secondary N) is 1. The molecule has 0 aromatic heterocycles. The fourth-order valence-corrected chi connectivity index (χ4v) is 2.99. The average molecular weight is 359 g/mol. The van der Waals surface area contributed by atoms with Crippen molar-refractivity contribution in [2.24, 2.45) is 5.73 Å². The highest BCUT2D eigenvalue weighted by atomic mass is 35.5. The monoisotopic (exact) mass is 358 g/mol. The summed E-state index contributed by atoms with van der Waals surface area (Å²) in [5.74, 6) is 1.71. The van der Waals surface area contributed by atoms with Crippen molar-refractivity contribution in [3.63, 3.8) is 0 Å². The van der Waals surface area contributed by atoms with E-state index in [-0.39, 0.29) is 18.3 Å². The van der Waals surface area contributed by atoms with Crippen LogP contribution in [-0.4, -0.2) is 32.8 Å². The molecule has 136 valence electrons. The molecule has 1 aromatic carbocycles. The molecule has 0 aliphatic heterocycles. The van der Waals surface area contributed by atoms with Gasteiger partial charge in [-0.1, -0.05) is 19.3 Å². The zero-order valence-electron chi connectivity index (χ0n) is 14.5. The summed E-state index contributed by atoms with van der Waals surface area (Å²) in [5.41, 5.74) is 6.32. The third-order valence-corrected chi connectivity index (χ3v) is 4.42. The van der Waals surface area contributed by atoms with Crippen molar-refractivity contribution in [3.05, 3.63) is 17.7 Å². The third-order valence-electron chi connectivity index (χ3n) is 4.42. The van der Waals surface area contributed by atoms with E-state index in [1.54, 1.807) is 27.4 Å². The molecule has 3 N–H and O–H groups in total. The number of rotatable bonds is 6. The Hall–Kier alpha value is -1.66. The van der Waals surface area contributed by atoms with Gasteiger partial charge in [-0.2, -0.15) is 0 Å². The summed E-state index contributed by atoms with van der Waals surface area (Å²) in [6.07, 6.45) is 4.63. The maximum atomic E-state index is 12.4. The Morgan fingerprint density at radius 1 is 1.04 bits per heavy atom. The first kappa shape index (κ1) is 20.4. The van der Waals surface area contributed by atoms with E-state index in [2.05, 4.69) is 5.32 Å². The van der Waals surface area contributed by atoms with Crippen molar-refractivity contribution >= 4 is 18.3 Å². The van der Waals surface area contributed by atoms with Crippen LogP contribution in [0, 0.1) is 0 Å². The highest BCUT2D eigenvalue weighted by molar-refractivity contribution is 5.86. The van der Waals surface area contributed by atoms with Crippen LogP contribution in [0.4, 0.5) is 0 Å². The third kappa shape index (κ3) is 4.45. The second-order valence-corrected chi connectivity index (χ2v) is 5.92. The van der Waals surface area contributed by atoms with Gasteiger partial charge in [-0.05, 0) is 18.9 Å². The van der Waals surface area contributed by atoms with E-state index in [1.807, 2.05) is 6.07 Å². The highest BCUT2D eigenvalue weighted by Crippen LogP contribution is 2.34. The van der Waals surface area contributed by atoms with E-state index < -0.39 is 5.54 Å². The molecule has 0 unspecified atom stereocenters. The van der Waals surface area contributed by atoms with Gasteiger partial charge < -0.3 is 25.3 Å². The minimum Gasteiger partial charge on any atom is -0.496 e. The smallest absolute Gasteiger partial charge is 0.240 e. The summed E-state index contributed by atoms with van der Waals surface area (Å²) in [6, 6.07) is 3.56. The number of carbonyl (C=O) groups excluding carboxylic acids is 1. The molecule has 1 aliphatic carbocycles. The van der Waals surface area contributed by atoms with Crippen LogP contribution in [0.15, 0.2) is 12.1 Å². The number of halogens is 1. The molecular weight excluding hydrogens is 332 g/mol. The van der Waals surface area contributed by atoms with E-state index in [1.165, 1.54) is 0 Å². The SMILES string of the molecule is COc1cc(OC)c(OC)cc1CNC(=O)C1(N)CCCCC1.Cl. The minimum atomic E-state index is -0.748. The molecule has 1 aliphatic rings. The molecular formula is C17H27ClN2O4. The van der Waals surface area contributed by atoms with Crippen LogP contribution in [0.1, 0.15) is 37.7 Å².